The van der Waals surface area contributed by atoms with Crippen molar-refractivity contribution in [3.8, 4) is 0 Å². The average Bonchev–Trinajstić information content (AvgIpc) is 3.30. The molecule has 1 saturated heterocycles. The van der Waals surface area contributed by atoms with Crippen LogP contribution in [0.4, 0.5) is 5.69 Å². The van der Waals surface area contributed by atoms with E-state index >= 15 is 0 Å². The summed E-state index contributed by atoms with van der Waals surface area (Å²) in [5, 5.41) is 14.6. The van der Waals surface area contributed by atoms with Gasteiger partial charge in [0.15, 0.2) is 5.78 Å². The highest BCUT2D eigenvalue weighted by Gasteiger charge is 2.67. The van der Waals surface area contributed by atoms with E-state index in [0.29, 0.717) is 25.1 Å². The smallest absolute Gasteiger partial charge is 0.245 e. The SMILES string of the molecule is CNC(=O)[C@@H]1C[C@]23CNC(=O)CCCCCCc4cc(NC(C)C)cc5c(C(C)=O)nn(c45)CC(=O)N1[C@@H]2C3. The number of amides is 3. The molecule has 10 nitrogen and oxygen atoms in total. The maximum absolute atomic E-state index is 13.9. The molecule has 10 heteroatoms. The van der Waals surface area contributed by atoms with Crippen LogP contribution in [0, 0.1) is 5.41 Å². The fourth-order valence-electron chi connectivity index (χ4n) is 6.55. The Morgan fingerprint density at radius 3 is 2.54 bits per heavy atom. The molecule has 1 saturated carbocycles. The van der Waals surface area contributed by atoms with Crippen molar-refractivity contribution in [1.82, 2.24) is 25.3 Å². The number of benzene rings is 1. The van der Waals surface area contributed by atoms with Gasteiger partial charge in [-0.3, -0.25) is 23.9 Å². The van der Waals surface area contributed by atoms with Gasteiger partial charge in [-0.25, -0.2) is 0 Å². The first-order chi connectivity index (χ1) is 18.6. The van der Waals surface area contributed by atoms with Crippen LogP contribution in [-0.4, -0.2) is 69.9 Å². The van der Waals surface area contributed by atoms with E-state index in [9.17, 15) is 19.2 Å². The second-order valence-corrected chi connectivity index (χ2v) is 11.8. The molecule has 0 radical (unpaired) electrons. The van der Waals surface area contributed by atoms with Gasteiger partial charge in [-0.05, 0) is 63.6 Å². The van der Waals surface area contributed by atoms with E-state index in [1.165, 1.54) is 6.92 Å². The third kappa shape index (κ3) is 5.25. The number of carbonyl (C=O) groups is 4. The highest BCUT2D eigenvalue weighted by atomic mass is 16.2. The van der Waals surface area contributed by atoms with Crippen LogP contribution in [0.3, 0.4) is 0 Å². The molecule has 2 bridgehead atoms. The van der Waals surface area contributed by atoms with Crippen molar-refractivity contribution in [1.29, 1.82) is 0 Å². The molecular weight excluding hydrogens is 496 g/mol. The summed E-state index contributed by atoms with van der Waals surface area (Å²) in [5.41, 5.74) is 2.85. The Bertz CT molecular complexity index is 1320. The number of anilines is 1. The Kier molecular flexibility index (Phi) is 7.39. The lowest BCUT2D eigenvalue weighted by Crippen LogP contribution is -2.48. The summed E-state index contributed by atoms with van der Waals surface area (Å²) < 4.78 is 1.67. The number of rotatable bonds is 4. The summed E-state index contributed by atoms with van der Waals surface area (Å²) in [6.07, 6.45) is 6.22. The predicted molar refractivity (Wildman–Crippen MR) is 148 cm³/mol. The number of nitrogens with zero attached hydrogens (tertiary/aromatic N) is 3. The quantitative estimate of drug-likeness (QED) is 0.516. The maximum atomic E-state index is 13.9. The average molecular weight is 537 g/mol. The third-order valence-corrected chi connectivity index (χ3v) is 8.49. The van der Waals surface area contributed by atoms with Gasteiger partial charge in [-0.1, -0.05) is 12.8 Å². The zero-order valence-electron chi connectivity index (χ0n) is 23.4. The number of aryl methyl sites for hydroxylation is 1. The third-order valence-electron chi connectivity index (χ3n) is 8.49. The Morgan fingerprint density at radius 2 is 1.85 bits per heavy atom. The summed E-state index contributed by atoms with van der Waals surface area (Å²) in [7, 11) is 1.58. The molecular formula is C29H40N6O4. The number of likely N-dealkylation sites (N-methyl/N-ethyl adjacent to an activating group) is 1. The van der Waals surface area contributed by atoms with Crippen LogP contribution in [0.5, 0.6) is 0 Å². The van der Waals surface area contributed by atoms with E-state index < -0.39 is 6.04 Å². The van der Waals surface area contributed by atoms with E-state index in [-0.39, 0.29) is 47.5 Å². The van der Waals surface area contributed by atoms with Crippen LogP contribution in [-0.2, 0) is 27.3 Å². The molecule has 3 heterocycles. The van der Waals surface area contributed by atoms with Crippen molar-refractivity contribution >= 4 is 40.1 Å². The zero-order valence-corrected chi connectivity index (χ0v) is 23.4. The fourth-order valence-corrected chi connectivity index (χ4v) is 6.55. The summed E-state index contributed by atoms with van der Waals surface area (Å²) in [6.45, 7) is 6.06. The van der Waals surface area contributed by atoms with Gasteiger partial charge in [-0.15, -0.1) is 0 Å². The van der Waals surface area contributed by atoms with E-state index in [0.717, 1.165) is 60.7 Å². The van der Waals surface area contributed by atoms with Crippen LogP contribution in [0.25, 0.3) is 10.9 Å². The largest absolute Gasteiger partial charge is 0.383 e. The molecule has 0 unspecified atom stereocenters. The molecule has 1 aliphatic carbocycles. The van der Waals surface area contributed by atoms with Crippen LogP contribution in [0.2, 0.25) is 0 Å². The van der Waals surface area contributed by atoms with Gasteiger partial charge < -0.3 is 20.9 Å². The van der Waals surface area contributed by atoms with Crippen molar-refractivity contribution in [2.75, 3.05) is 18.9 Å². The van der Waals surface area contributed by atoms with Crippen LogP contribution >= 0.6 is 0 Å². The first-order valence-electron chi connectivity index (χ1n) is 14.2. The second-order valence-electron chi connectivity index (χ2n) is 11.8. The highest BCUT2D eigenvalue weighted by molar-refractivity contribution is 6.06. The van der Waals surface area contributed by atoms with E-state index in [2.05, 4.69) is 41.0 Å². The van der Waals surface area contributed by atoms with Gasteiger partial charge in [0.2, 0.25) is 17.7 Å². The van der Waals surface area contributed by atoms with Gasteiger partial charge in [0.25, 0.3) is 0 Å². The topological polar surface area (TPSA) is 125 Å². The summed E-state index contributed by atoms with van der Waals surface area (Å²) >= 11 is 0. The molecule has 3 amide bonds. The van der Waals surface area contributed by atoms with Gasteiger partial charge in [0.1, 0.15) is 18.3 Å². The molecule has 1 aromatic heterocycles. The minimum absolute atomic E-state index is 0.0340. The lowest BCUT2D eigenvalue weighted by molar-refractivity contribution is -0.140. The Labute approximate surface area is 229 Å². The van der Waals surface area contributed by atoms with Crippen molar-refractivity contribution < 1.29 is 19.2 Å². The molecule has 210 valence electrons. The van der Waals surface area contributed by atoms with Gasteiger partial charge in [0.05, 0.1) is 5.52 Å². The lowest BCUT2D eigenvalue weighted by Gasteiger charge is -2.26. The number of hydrogen-bond acceptors (Lipinski definition) is 6. The molecule has 3 aliphatic rings. The predicted octanol–water partition coefficient (Wildman–Crippen LogP) is 2.79. The van der Waals surface area contributed by atoms with Crippen LogP contribution in [0.15, 0.2) is 12.1 Å². The van der Waals surface area contributed by atoms with Crippen LogP contribution in [0.1, 0.15) is 81.8 Å². The van der Waals surface area contributed by atoms with Crippen molar-refractivity contribution in [3.63, 3.8) is 0 Å². The standard InChI is InChI=1S/C29H40N6O4/c1-17(2)32-20-11-19-9-7-5-6-8-10-24(37)31-16-29-13-22(28(39)30-4)35(23(29)14-29)25(38)15-34-27(19)21(12-20)26(33-34)18(3)36/h11-12,17,22-23,32H,5-10,13-16H2,1-4H3,(H,30,39)(H,31,37)/t22-,23+,29-/m0/s1. The number of nitrogens with one attached hydrogen (secondary N) is 3. The molecule has 2 aromatic rings. The monoisotopic (exact) mass is 536 g/mol. The zero-order chi connectivity index (χ0) is 27.9. The van der Waals surface area contributed by atoms with Gasteiger partial charge in [-0.2, -0.15) is 5.10 Å². The number of aromatic nitrogens is 2. The van der Waals surface area contributed by atoms with Crippen molar-refractivity contribution in [2.24, 2.45) is 5.41 Å². The molecule has 5 rings (SSSR count). The number of hydrogen-bond donors (Lipinski definition) is 3. The van der Waals surface area contributed by atoms with E-state index in [1.807, 2.05) is 6.07 Å². The normalized spacial score (nSPS) is 25.7. The van der Waals surface area contributed by atoms with E-state index in [4.69, 9.17) is 0 Å². The first kappa shape index (κ1) is 27.1. The molecule has 3 N–H and O–H groups in total. The van der Waals surface area contributed by atoms with Crippen LogP contribution < -0.4 is 16.0 Å². The number of ketones is 1. The minimum Gasteiger partial charge on any atom is -0.383 e. The molecule has 2 fully saturated rings. The molecule has 0 spiro atoms. The Hall–Kier alpha value is -3.43. The second kappa shape index (κ2) is 10.6. The summed E-state index contributed by atoms with van der Waals surface area (Å²) in [5.74, 6) is -0.511. The molecule has 39 heavy (non-hydrogen) atoms. The molecule has 3 atom stereocenters. The molecule has 1 aromatic carbocycles. The Morgan fingerprint density at radius 1 is 1.10 bits per heavy atom. The van der Waals surface area contributed by atoms with Gasteiger partial charge >= 0.3 is 0 Å². The summed E-state index contributed by atoms with van der Waals surface area (Å²) in [6, 6.07) is 3.58. The maximum Gasteiger partial charge on any atom is 0.245 e. The lowest BCUT2D eigenvalue weighted by atomic mass is 9.98. The number of Topliss-reactive ketones (excluding diaryl/α,β-unsaturated/α-hetero) is 1. The number of carbonyl (C=O) groups excluding carboxylic acids is 4. The molecule has 2 aliphatic heterocycles. The summed E-state index contributed by atoms with van der Waals surface area (Å²) in [4.78, 5) is 53.6. The minimum atomic E-state index is -0.590. The first-order valence-corrected chi connectivity index (χ1v) is 14.2. The highest BCUT2D eigenvalue weighted by Crippen LogP contribution is 2.59. The van der Waals surface area contributed by atoms with Gasteiger partial charge in [0, 0.05) is 55.5 Å². The van der Waals surface area contributed by atoms with Crippen molar-refractivity contribution in [2.45, 2.75) is 96.8 Å². The van der Waals surface area contributed by atoms with E-state index in [1.54, 1.807) is 16.6 Å². The fraction of sp³-hybridized carbons (Fsp3) is 0.621. The Balaban J connectivity index is 1.57. The number of piperidine rings is 1. The van der Waals surface area contributed by atoms with Crippen molar-refractivity contribution in [3.05, 3.63) is 23.4 Å².